The number of pyridine rings is 1. The maximum Gasteiger partial charge on any atom is 0.0727 e. The first-order valence-corrected chi connectivity index (χ1v) is 8.38. The highest BCUT2D eigenvalue weighted by molar-refractivity contribution is 6.36. The number of halogens is 1. The van der Waals surface area contributed by atoms with Crippen LogP contribution in [0.2, 0.25) is 5.02 Å². The number of hydrogen-bond donors (Lipinski definition) is 0. The molecule has 0 atom stereocenters. The van der Waals surface area contributed by atoms with Gasteiger partial charge in [-0.2, -0.15) is 0 Å². The smallest absolute Gasteiger partial charge is 0.0727 e. The number of fused-ring (bicyclic) bond motifs is 5. The van der Waals surface area contributed by atoms with Gasteiger partial charge in [-0.15, -0.1) is 0 Å². The zero-order chi connectivity index (χ0) is 16.1. The molecular formula is C22H14ClN. The van der Waals surface area contributed by atoms with E-state index in [1.807, 2.05) is 18.2 Å². The number of hydrogen-bond acceptors (Lipinski definition) is 0. The molecule has 0 amide bonds. The van der Waals surface area contributed by atoms with Crippen LogP contribution in [-0.2, 0) is 0 Å². The van der Waals surface area contributed by atoms with Crippen molar-refractivity contribution in [3.63, 3.8) is 0 Å². The number of rotatable bonds is 1. The van der Waals surface area contributed by atoms with Crippen LogP contribution in [0.1, 0.15) is 0 Å². The Hall–Kier alpha value is -2.77. The Kier molecular flexibility index (Phi) is 2.91. The van der Waals surface area contributed by atoms with Gasteiger partial charge in [0.2, 0.25) is 0 Å². The standard InChI is InChI=1S/C22H14ClN/c23-18-11-6-10-17-21(16-8-2-1-3-9-16)20-14-13-15-7-4-5-12-19(15)24(20)22(17)18/h1-14H. The van der Waals surface area contributed by atoms with Crippen LogP contribution in [0, 0.1) is 0 Å². The van der Waals surface area contributed by atoms with E-state index in [-0.39, 0.29) is 0 Å². The van der Waals surface area contributed by atoms with Crippen LogP contribution >= 0.6 is 11.6 Å². The van der Waals surface area contributed by atoms with E-state index in [9.17, 15) is 0 Å². The van der Waals surface area contributed by atoms with E-state index >= 15 is 0 Å². The van der Waals surface area contributed by atoms with Gasteiger partial charge in [0.25, 0.3) is 0 Å². The Morgan fingerprint density at radius 2 is 1.42 bits per heavy atom. The van der Waals surface area contributed by atoms with E-state index in [0.717, 1.165) is 10.5 Å². The first-order chi connectivity index (χ1) is 11.8. The lowest BCUT2D eigenvalue weighted by Crippen LogP contribution is -1.88. The fourth-order valence-corrected chi connectivity index (χ4v) is 3.89. The van der Waals surface area contributed by atoms with Crippen LogP contribution in [0.15, 0.2) is 84.9 Å². The van der Waals surface area contributed by atoms with Gasteiger partial charge in [0.15, 0.2) is 0 Å². The maximum atomic E-state index is 6.62. The fraction of sp³-hybridized carbons (Fsp3) is 0. The van der Waals surface area contributed by atoms with Gasteiger partial charge in [0.1, 0.15) is 0 Å². The molecule has 2 heteroatoms. The fourth-order valence-electron chi connectivity index (χ4n) is 3.63. The SMILES string of the molecule is Clc1cccc2c(-c3ccccc3)c3ccc4ccccc4n3c12. The predicted molar refractivity (Wildman–Crippen MR) is 103 cm³/mol. The van der Waals surface area contributed by atoms with E-state index in [4.69, 9.17) is 11.6 Å². The second-order valence-electron chi connectivity index (χ2n) is 5.99. The number of para-hydroxylation sites is 2. The molecule has 0 aliphatic rings. The van der Waals surface area contributed by atoms with Gasteiger partial charge in [-0.3, -0.25) is 0 Å². The van der Waals surface area contributed by atoms with Crippen LogP contribution in [0.4, 0.5) is 0 Å². The predicted octanol–water partition coefficient (Wildman–Crippen LogP) is 6.57. The van der Waals surface area contributed by atoms with Gasteiger partial charge in [0, 0.05) is 10.9 Å². The molecule has 0 unspecified atom stereocenters. The highest BCUT2D eigenvalue weighted by Crippen LogP contribution is 2.39. The molecule has 0 fully saturated rings. The summed E-state index contributed by atoms with van der Waals surface area (Å²) >= 11 is 6.62. The summed E-state index contributed by atoms with van der Waals surface area (Å²) in [4.78, 5) is 0. The van der Waals surface area contributed by atoms with Gasteiger partial charge in [-0.05, 0) is 29.1 Å². The van der Waals surface area contributed by atoms with Crippen molar-refractivity contribution in [1.82, 2.24) is 4.40 Å². The van der Waals surface area contributed by atoms with Crippen molar-refractivity contribution >= 4 is 38.9 Å². The summed E-state index contributed by atoms with van der Waals surface area (Å²) in [6, 6.07) is 29.5. The van der Waals surface area contributed by atoms with Crippen molar-refractivity contribution in [3.8, 4) is 11.1 Å². The quantitative estimate of drug-likeness (QED) is 0.328. The topological polar surface area (TPSA) is 4.41 Å². The zero-order valence-corrected chi connectivity index (χ0v) is 13.7. The second kappa shape index (κ2) is 5.12. The Balaban J connectivity index is 2.10. The first kappa shape index (κ1) is 13.6. The van der Waals surface area contributed by atoms with Crippen LogP contribution in [-0.4, -0.2) is 4.40 Å². The molecule has 0 saturated heterocycles. The molecule has 0 spiro atoms. The molecule has 5 rings (SSSR count). The van der Waals surface area contributed by atoms with Crippen molar-refractivity contribution in [2.45, 2.75) is 0 Å². The summed E-state index contributed by atoms with van der Waals surface area (Å²) < 4.78 is 2.29. The summed E-state index contributed by atoms with van der Waals surface area (Å²) in [5.41, 5.74) is 5.88. The Labute approximate surface area is 144 Å². The van der Waals surface area contributed by atoms with Crippen LogP contribution in [0.3, 0.4) is 0 Å². The average molecular weight is 328 g/mol. The molecule has 0 bridgehead atoms. The average Bonchev–Trinajstić information content (AvgIpc) is 2.98. The third kappa shape index (κ3) is 1.82. The van der Waals surface area contributed by atoms with Crippen LogP contribution in [0.5, 0.6) is 0 Å². The molecular weight excluding hydrogens is 314 g/mol. The Bertz CT molecular complexity index is 1200. The van der Waals surface area contributed by atoms with E-state index in [0.29, 0.717) is 0 Å². The zero-order valence-electron chi connectivity index (χ0n) is 12.9. The molecule has 0 saturated carbocycles. The van der Waals surface area contributed by atoms with Crippen LogP contribution in [0.25, 0.3) is 38.4 Å². The minimum atomic E-state index is 0.779. The van der Waals surface area contributed by atoms with Gasteiger partial charge >= 0.3 is 0 Å². The van der Waals surface area contributed by atoms with Crippen molar-refractivity contribution in [3.05, 3.63) is 90.0 Å². The summed E-state index contributed by atoms with van der Waals surface area (Å²) in [7, 11) is 0. The third-order valence-corrected chi connectivity index (χ3v) is 4.94. The van der Waals surface area contributed by atoms with Gasteiger partial charge in [0.05, 0.1) is 21.6 Å². The molecule has 2 aromatic heterocycles. The molecule has 0 aliphatic heterocycles. The Morgan fingerprint density at radius 1 is 0.625 bits per heavy atom. The summed E-state index contributed by atoms with van der Waals surface area (Å²) in [6.45, 7) is 0. The van der Waals surface area contributed by atoms with Crippen LogP contribution < -0.4 is 0 Å². The Morgan fingerprint density at radius 3 is 2.29 bits per heavy atom. The number of benzene rings is 3. The number of aromatic nitrogens is 1. The molecule has 0 aliphatic carbocycles. The summed E-state index contributed by atoms with van der Waals surface area (Å²) in [6.07, 6.45) is 0. The largest absolute Gasteiger partial charge is 0.307 e. The molecule has 2 heterocycles. The van der Waals surface area contributed by atoms with Crippen molar-refractivity contribution in [1.29, 1.82) is 0 Å². The van der Waals surface area contributed by atoms with Crippen molar-refractivity contribution < 1.29 is 0 Å². The van der Waals surface area contributed by atoms with E-state index in [1.54, 1.807) is 0 Å². The highest BCUT2D eigenvalue weighted by Gasteiger charge is 2.16. The summed E-state index contributed by atoms with van der Waals surface area (Å²) in [5, 5.41) is 3.17. The molecule has 1 nitrogen and oxygen atoms in total. The highest BCUT2D eigenvalue weighted by atomic mass is 35.5. The normalized spacial score (nSPS) is 11.5. The lowest BCUT2D eigenvalue weighted by Gasteiger charge is -2.05. The molecule has 114 valence electrons. The maximum absolute atomic E-state index is 6.62. The van der Waals surface area contributed by atoms with Crippen molar-refractivity contribution in [2.75, 3.05) is 0 Å². The van der Waals surface area contributed by atoms with Gasteiger partial charge in [-0.1, -0.05) is 78.3 Å². The molecule has 0 N–H and O–H groups in total. The number of nitrogens with zero attached hydrogens (tertiary/aromatic N) is 1. The molecule has 3 aromatic carbocycles. The first-order valence-electron chi connectivity index (χ1n) is 8.00. The van der Waals surface area contributed by atoms with E-state index in [2.05, 4.69) is 71.1 Å². The third-order valence-electron chi connectivity index (χ3n) is 4.64. The van der Waals surface area contributed by atoms with Gasteiger partial charge in [-0.25, -0.2) is 0 Å². The monoisotopic (exact) mass is 327 g/mol. The lowest BCUT2D eigenvalue weighted by atomic mass is 10.0. The molecule has 5 aromatic rings. The molecule has 24 heavy (non-hydrogen) atoms. The lowest BCUT2D eigenvalue weighted by molar-refractivity contribution is 1.33. The van der Waals surface area contributed by atoms with E-state index in [1.165, 1.54) is 32.9 Å². The minimum absolute atomic E-state index is 0.779. The molecule has 0 radical (unpaired) electrons. The second-order valence-corrected chi connectivity index (χ2v) is 6.40. The van der Waals surface area contributed by atoms with Gasteiger partial charge < -0.3 is 4.40 Å². The summed E-state index contributed by atoms with van der Waals surface area (Å²) in [5.74, 6) is 0. The minimum Gasteiger partial charge on any atom is -0.307 e. The van der Waals surface area contributed by atoms with E-state index < -0.39 is 0 Å². The van der Waals surface area contributed by atoms with Crippen molar-refractivity contribution in [2.24, 2.45) is 0 Å².